The third-order valence-corrected chi connectivity index (χ3v) is 5.18. The number of H-pyrrole nitrogens is 1. The number of nitrogens with zero attached hydrogens (tertiary/aromatic N) is 1. The molecule has 2 aromatic rings. The predicted molar refractivity (Wildman–Crippen MR) is 123 cm³/mol. The average Bonchev–Trinajstić information content (AvgIpc) is 3.31. The first-order chi connectivity index (χ1) is 15.7. The van der Waals surface area contributed by atoms with Gasteiger partial charge >= 0.3 is 5.97 Å². The van der Waals surface area contributed by atoms with E-state index in [2.05, 4.69) is 38.5 Å². The molecule has 0 aliphatic rings. The Labute approximate surface area is 196 Å². The molecule has 0 radical (unpaired) electrons. The van der Waals surface area contributed by atoms with Crippen molar-refractivity contribution in [3.63, 3.8) is 0 Å². The first-order valence-electron chi connectivity index (χ1n) is 10.2. The number of carbonyl (C=O) groups is 4. The SMILES string of the molecule is CC(NC(=O)C(Cc1cnc[nH]1)NC(=O)C(Cc1ccccc1)NC(=O)C(N)CS)C(=O)O. The fourth-order valence-electron chi connectivity index (χ4n) is 2.89. The molecule has 4 unspecified atom stereocenters. The Morgan fingerprint density at radius 2 is 1.64 bits per heavy atom. The Balaban J connectivity index is 2.22. The first-order valence-corrected chi connectivity index (χ1v) is 10.9. The molecule has 0 aliphatic heterocycles. The van der Waals surface area contributed by atoms with Crippen LogP contribution >= 0.6 is 12.6 Å². The van der Waals surface area contributed by atoms with Crippen molar-refractivity contribution in [1.82, 2.24) is 25.9 Å². The minimum Gasteiger partial charge on any atom is -0.480 e. The van der Waals surface area contributed by atoms with E-state index in [1.165, 1.54) is 19.4 Å². The number of nitrogens with two attached hydrogens (primary N) is 1. The second kappa shape index (κ2) is 12.6. The van der Waals surface area contributed by atoms with Crippen LogP contribution in [-0.4, -0.2) is 68.7 Å². The van der Waals surface area contributed by atoms with Crippen molar-refractivity contribution in [2.24, 2.45) is 5.73 Å². The standard InChI is InChI=1S/C21H28N6O5S/c1-12(21(31)32)25-19(29)17(8-14-9-23-11-24-14)27-20(30)16(26-18(28)15(22)10-33)7-13-5-3-2-4-6-13/h2-6,9,11-12,15-17,33H,7-8,10,22H2,1H3,(H,23,24)(H,25,29)(H,26,28)(H,27,30)(H,31,32). The van der Waals surface area contributed by atoms with Gasteiger partial charge in [0.1, 0.15) is 18.1 Å². The molecule has 33 heavy (non-hydrogen) atoms. The van der Waals surface area contributed by atoms with E-state index in [9.17, 15) is 19.2 Å². The van der Waals surface area contributed by atoms with E-state index in [1.807, 2.05) is 6.07 Å². The van der Waals surface area contributed by atoms with Gasteiger partial charge in [-0.2, -0.15) is 12.6 Å². The summed E-state index contributed by atoms with van der Waals surface area (Å²) in [6, 6.07) is 4.80. The molecule has 0 spiro atoms. The van der Waals surface area contributed by atoms with Gasteiger partial charge in [0.05, 0.1) is 12.4 Å². The molecule has 178 valence electrons. The van der Waals surface area contributed by atoms with Crippen molar-refractivity contribution in [2.45, 2.75) is 43.9 Å². The molecule has 12 heteroatoms. The third-order valence-electron chi connectivity index (χ3n) is 4.79. The van der Waals surface area contributed by atoms with Crippen molar-refractivity contribution in [1.29, 1.82) is 0 Å². The number of benzene rings is 1. The van der Waals surface area contributed by atoms with Gasteiger partial charge in [-0.05, 0) is 12.5 Å². The van der Waals surface area contributed by atoms with Gasteiger partial charge in [-0.25, -0.2) is 4.98 Å². The maximum absolute atomic E-state index is 13.1. The Kier molecular flexibility index (Phi) is 9.88. The molecule has 0 saturated heterocycles. The molecule has 1 aromatic heterocycles. The van der Waals surface area contributed by atoms with Crippen molar-refractivity contribution in [3.05, 3.63) is 54.1 Å². The number of hydrogen-bond acceptors (Lipinski definition) is 7. The quantitative estimate of drug-likeness (QED) is 0.192. The number of rotatable bonds is 12. The van der Waals surface area contributed by atoms with Crippen LogP contribution in [-0.2, 0) is 32.0 Å². The molecule has 1 heterocycles. The minimum atomic E-state index is -1.22. The molecular formula is C21H28N6O5S. The molecule has 4 atom stereocenters. The highest BCUT2D eigenvalue weighted by atomic mass is 32.1. The van der Waals surface area contributed by atoms with E-state index in [-0.39, 0.29) is 18.6 Å². The number of aromatic amines is 1. The number of imidazole rings is 1. The number of aliphatic carboxylic acids is 1. The van der Waals surface area contributed by atoms with Crippen LogP contribution in [0, 0.1) is 0 Å². The summed E-state index contributed by atoms with van der Waals surface area (Å²) in [6.45, 7) is 1.31. The summed E-state index contributed by atoms with van der Waals surface area (Å²) in [6.07, 6.45) is 3.10. The largest absolute Gasteiger partial charge is 0.480 e. The van der Waals surface area contributed by atoms with Gasteiger partial charge in [-0.3, -0.25) is 19.2 Å². The molecule has 0 saturated carbocycles. The molecule has 3 amide bonds. The number of carboxylic acid groups (broad SMARTS) is 1. The van der Waals surface area contributed by atoms with Crippen molar-refractivity contribution >= 4 is 36.3 Å². The molecule has 0 bridgehead atoms. The number of amides is 3. The Bertz CT molecular complexity index is 940. The van der Waals surface area contributed by atoms with Crippen molar-refractivity contribution in [3.8, 4) is 0 Å². The number of aromatic nitrogens is 2. The van der Waals surface area contributed by atoms with Gasteiger partial charge in [0, 0.05) is 30.5 Å². The molecule has 11 nitrogen and oxygen atoms in total. The van der Waals surface area contributed by atoms with Crippen LogP contribution in [0.25, 0.3) is 0 Å². The number of carbonyl (C=O) groups excluding carboxylic acids is 3. The van der Waals surface area contributed by atoms with E-state index in [1.54, 1.807) is 24.3 Å². The van der Waals surface area contributed by atoms with Gasteiger partial charge < -0.3 is 31.8 Å². The molecule has 0 fully saturated rings. The van der Waals surface area contributed by atoms with Gasteiger partial charge in [0.2, 0.25) is 17.7 Å². The Morgan fingerprint density at radius 3 is 2.21 bits per heavy atom. The fraction of sp³-hybridized carbons (Fsp3) is 0.381. The monoisotopic (exact) mass is 476 g/mol. The van der Waals surface area contributed by atoms with E-state index >= 15 is 0 Å². The third kappa shape index (κ3) is 8.24. The van der Waals surface area contributed by atoms with Crippen LogP contribution < -0.4 is 21.7 Å². The summed E-state index contributed by atoms with van der Waals surface area (Å²) in [5.41, 5.74) is 7.07. The number of carboxylic acids is 1. The zero-order valence-electron chi connectivity index (χ0n) is 18.0. The number of nitrogens with one attached hydrogen (secondary N) is 4. The Hall–Kier alpha value is -3.38. The maximum atomic E-state index is 13.1. The fourth-order valence-corrected chi connectivity index (χ4v) is 3.06. The van der Waals surface area contributed by atoms with Gasteiger partial charge in [-0.15, -0.1) is 0 Å². The Morgan fingerprint density at radius 1 is 1.03 bits per heavy atom. The van der Waals surface area contributed by atoms with Gasteiger partial charge in [-0.1, -0.05) is 30.3 Å². The normalized spacial score (nSPS) is 14.4. The van der Waals surface area contributed by atoms with Crippen molar-refractivity contribution in [2.75, 3.05) is 5.75 Å². The lowest BCUT2D eigenvalue weighted by atomic mass is 10.0. The highest BCUT2D eigenvalue weighted by molar-refractivity contribution is 7.80. The molecule has 7 N–H and O–H groups in total. The average molecular weight is 477 g/mol. The number of hydrogen-bond donors (Lipinski definition) is 7. The van der Waals surface area contributed by atoms with E-state index in [4.69, 9.17) is 10.8 Å². The smallest absolute Gasteiger partial charge is 0.325 e. The van der Waals surface area contributed by atoms with Crippen LogP contribution in [0.1, 0.15) is 18.2 Å². The van der Waals surface area contributed by atoms with Crippen LogP contribution in [0.4, 0.5) is 0 Å². The van der Waals surface area contributed by atoms with Gasteiger partial charge in [0.15, 0.2) is 0 Å². The molecule has 2 rings (SSSR count). The zero-order chi connectivity index (χ0) is 24.4. The summed E-state index contributed by atoms with van der Waals surface area (Å²) >= 11 is 4.01. The highest BCUT2D eigenvalue weighted by Crippen LogP contribution is 2.06. The second-order valence-electron chi connectivity index (χ2n) is 7.45. The first kappa shape index (κ1) is 25.9. The summed E-state index contributed by atoms with van der Waals surface area (Å²) < 4.78 is 0. The summed E-state index contributed by atoms with van der Waals surface area (Å²) in [4.78, 5) is 56.1. The van der Waals surface area contributed by atoms with E-state index in [0.717, 1.165) is 5.56 Å². The molecule has 1 aromatic carbocycles. The van der Waals surface area contributed by atoms with Gasteiger partial charge in [0.25, 0.3) is 0 Å². The molecule has 0 aliphatic carbocycles. The number of thiol groups is 1. The van der Waals surface area contributed by atoms with E-state index < -0.39 is 47.9 Å². The van der Waals surface area contributed by atoms with Crippen molar-refractivity contribution < 1.29 is 24.3 Å². The predicted octanol–water partition coefficient (Wildman–Crippen LogP) is -0.989. The zero-order valence-corrected chi connectivity index (χ0v) is 18.9. The lowest BCUT2D eigenvalue weighted by molar-refractivity contribution is -0.141. The lowest BCUT2D eigenvalue weighted by Crippen LogP contribution is -2.58. The summed E-state index contributed by atoms with van der Waals surface area (Å²) in [7, 11) is 0. The van der Waals surface area contributed by atoms with Crippen LogP contribution in [0.15, 0.2) is 42.9 Å². The van der Waals surface area contributed by atoms with E-state index in [0.29, 0.717) is 5.69 Å². The maximum Gasteiger partial charge on any atom is 0.325 e. The van der Waals surface area contributed by atoms with Crippen LogP contribution in [0.2, 0.25) is 0 Å². The summed E-state index contributed by atoms with van der Waals surface area (Å²) in [5, 5.41) is 16.7. The van der Waals surface area contributed by atoms with Crippen LogP contribution in [0.5, 0.6) is 0 Å². The topological polar surface area (TPSA) is 179 Å². The molecular weight excluding hydrogens is 448 g/mol. The summed E-state index contributed by atoms with van der Waals surface area (Å²) in [5.74, 6) is -3.00. The second-order valence-corrected chi connectivity index (χ2v) is 7.82. The highest BCUT2D eigenvalue weighted by Gasteiger charge is 2.29. The lowest BCUT2D eigenvalue weighted by Gasteiger charge is -2.24. The van der Waals surface area contributed by atoms with Crippen LogP contribution in [0.3, 0.4) is 0 Å². The minimum absolute atomic E-state index is 0.0338.